The topological polar surface area (TPSA) is 87.9 Å². The molecule has 0 bridgehead atoms. The minimum absolute atomic E-state index is 0.265. The van der Waals surface area contributed by atoms with E-state index in [0.29, 0.717) is 5.82 Å². The van der Waals surface area contributed by atoms with E-state index in [0.717, 1.165) is 0 Å². The molecule has 0 spiro atoms. The third-order valence-electron chi connectivity index (χ3n) is 3.37. The van der Waals surface area contributed by atoms with Crippen LogP contribution in [0.1, 0.15) is 30.4 Å². The van der Waals surface area contributed by atoms with Gasteiger partial charge in [-0.15, -0.1) is 0 Å². The van der Waals surface area contributed by atoms with Gasteiger partial charge in [0.15, 0.2) is 11.5 Å². The smallest absolute Gasteiger partial charge is 0.328 e. The number of fused-ring (bicyclic) bond motifs is 1. The molecule has 110 valence electrons. The first-order valence-electron chi connectivity index (χ1n) is 6.31. The van der Waals surface area contributed by atoms with E-state index >= 15 is 0 Å². The summed E-state index contributed by atoms with van der Waals surface area (Å²) in [4.78, 5) is 30.8. The molecule has 1 aliphatic heterocycles. The van der Waals surface area contributed by atoms with Crippen LogP contribution in [0.3, 0.4) is 0 Å². The molecule has 0 radical (unpaired) electrons. The van der Waals surface area contributed by atoms with Crippen LogP contribution in [0.5, 0.6) is 0 Å². The lowest BCUT2D eigenvalue weighted by Gasteiger charge is -2.36. The average molecular weight is 282 g/mol. The second-order valence-corrected chi connectivity index (χ2v) is 4.63. The van der Waals surface area contributed by atoms with E-state index < -0.39 is 18.4 Å². The molecule has 1 amide bonds. The van der Waals surface area contributed by atoms with Crippen LogP contribution in [0.15, 0.2) is 6.33 Å². The fourth-order valence-electron chi connectivity index (χ4n) is 2.13. The minimum atomic E-state index is -1.07. The van der Waals surface area contributed by atoms with Gasteiger partial charge in [0.1, 0.15) is 6.04 Å². The Hall–Kier alpha value is -2.09. The van der Waals surface area contributed by atoms with Gasteiger partial charge in [-0.3, -0.25) is 9.69 Å². The maximum atomic E-state index is 12.3. The van der Waals surface area contributed by atoms with Crippen molar-refractivity contribution in [1.82, 2.24) is 14.5 Å². The maximum Gasteiger partial charge on any atom is 0.328 e. The zero-order valence-corrected chi connectivity index (χ0v) is 11.9. The Balaban J connectivity index is 2.43. The lowest BCUT2D eigenvalue weighted by Crippen LogP contribution is -2.52. The van der Waals surface area contributed by atoms with E-state index in [1.165, 1.54) is 27.7 Å². The average Bonchev–Trinajstić information content (AvgIpc) is 2.87. The molecule has 1 N–H and O–H groups in total. The Morgan fingerprint density at radius 2 is 2.15 bits per heavy atom. The van der Waals surface area contributed by atoms with Crippen LogP contribution < -0.4 is 4.90 Å². The zero-order chi connectivity index (χ0) is 15.0. The number of aromatic nitrogens is 2. The Morgan fingerprint density at radius 1 is 1.50 bits per heavy atom. The number of imidazole rings is 1. The molecule has 0 aromatic carbocycles. The largest absolute Gasteiger partial charge is 0.464 e. The highest BCUT2D eigenvalue weighted by Gasteiger charge is 2.37. The summed E-state index contributed by atoms with van der Waals surface area (Å²) in [5.74, 6) is -0.479. The van der Waals surface area contributed by atoms with Gasteiger partial charge in [-0.05, 0) is 13.8 Å². The number of hydrogen-bond donors (Lipinski definition) is 1. The number of rotatable bonds is 3. The Morgan fingerprint density at radius 3 is 2.75 bits per heavy atom. The molecule has 2 heterocycles. The molecular formula is C12H18N4O4. The minimum Gasteiger partial charge on any atom is -0.464 e. The van der Waals surface area contributed by atoms with Crippen molar-refractivity contribution in [2.24, 2.45) is 0 Å². The van der Waals surface area contributed by atoms with Crippen LogP contribution in [0.2, 0.25) is 0 Å². The van der Waals surface area contributed by atoms with E-state index in [2.05, 4.69) is 4.98 Å². The Labute approximate surface area is 116 Å². The number of esters is 1. The van der Waals surface area contributed by atoms with Gasteiger partial charge < -0.3 is 19.3 Å². The molecular weight excluding hydrogens is 264 g/mol. The molecule has 20 heavy (non-hydrogen) atoms. The molecule has 2 rings (SSSR count). The molecule has 1 aromatic heterocycles. The van der Waals surface area contributed by atoms with Crippen LogP contribution >= 0.6 is 0 Å². The van der Waals surface area contributed by atoms with Crippen molar-refractivity contribution in [1.29, 1.82) is 0 Å². The third kappa shape index (κ3) is 2.01. The summed E-state index contributed by atoms with van der Waals surface area (Å²) in [6.45, 7) is 3.63. The second kappa shape index (κ2) is 5.12. The van der Waals surface area contributed by atoms with Crippen molar-refractivity contribution in [3.63, 3.8) is 0 Å². The number of ether oxygens (including phenoxy) is 1. The SMILES string of the molecule is CCOC(=O)C(C)n1cnc2c1C(=O)N(C)C(O)N2C. The fraction of sp³-hybridized carbons (Fsp3) is 0.583. The molecule has 0 fully saturated rings. The second-order valence-electron chi connectivity index (χ2n) is 4.63. The number of carbonyl (C=O) groups excluding carboxylic acids is 2. The Bertz CT molecular complexity index is 542. The number of anilines is 1. The number of aliphatic hydroxyl groups is 1. The number of carbonyl (C=O) groups is 2. The van der Waals surface area contributed by atoms with Gasteiger partial charge in [-0.25, -0.2) is 9.78 Å². The van der Waals surface area contributed by atoms with Gasteiger partial charge >= 0.3 is 5.97 Å². The van der Waals surface area contributed by atoms with E-state index in [1.807, 2.05) is 0 Å². The summed E-state index contributed by atoms with van der Waals surface area (Å²) >= 11 is 0. The van der Waals surface area contributed by atoms with Crippen molar-refractivity contribution in [3.05, 3.63) is 12.0 Å². The summed E-state index contributed by atoms with van der Waals surface area (Å²) < 4.78 is 6.42. The van der Waals surface area contributed by atoms with Crippen LogP contribution in [-0.2, 0) is 9.53 Å². The molecule has 0 saturated carbocycles. The van der Waals surface area contributed by atoms with Crippen molar-refractivity contribution in [3.8, 4) is 0 Å². The van der Waals surface area contributed by atoms with Crippen molar-refractivity contribution in [2.75, 3.05) is 25.6 Å². The highest BCUT2D eigenvalue weighted by molar-refractivity contribution is 5.99. The monoisotopic (exact) mass is 282 g/mol. The summed E-state index contributed by atoms with van der Waals surface area (Å²) in [5.41, 5.74) is 0.265. The lowest BCUT2D eigenvalue weighted by atomic mass is 10.2. The molecule has 2 unspecified atom stereocenters. The van der Waals surface area contributed by atoms with E-state index in [1.54, 1.807) is 20.9 Å². The van der Waals surface area contributed by atoms with E-state index in [4.69, 9.17) is 4.74 Å². The van der Waals surface area contributed by atoms with Crippen LogP contribution in [0.25, 0.3) is 0 Å². The molecule has 0 saturated heterocycles. The fourth-order valence-corrected chi connectivity index (χ4v) is 2.13. The predicted molar refractivity (Wildman–Crippen MR) is 70.1 cm³/mol. The van der Waals surface area contributed by atoms with Crippen LogP contribution in [-0.4, -0.2) is 58.5 Å². The number of nitrogens with zero attached hydrogens (tertiary/aromatic N) is 4. The molecule has 8 heteroatoms. The molecule has 2 atom stereocenters. The van der Waals surface area contributed by atoms with Gasteiger partial charge in [0.25, 0.3) is 5.91 Å². The standard InChI is InChI=1S/C12H18N4O4/c1-5-20-11(18)7(2)16-6-13-9-8(16)10(17)15(4)12(19)14(9)3/h6-7,12,19H,5H2,1-4H3. The summed E-state index contributed by atoms with van der Waals surface area (Å²) in [6.07, 6.45) is 0.336. The van der Waals surface area contributed by atoms with Crippen molar-refractivity contribution < 1.29 is 19.4 Å². The molecule has 8 nitrogen and oxygen atoms in total. The predicted octanol–water partition coefficient (Wildman–Crippen LogP) is -0.195. The molecule has 0 aliphatic carbocycles. The van der Waals surface area contributed by atoms with Gasteiger partial charge in [-0.1, -0.05) is 0 Å². The van der Waals surface area contributed by atoms with Gasteiger partial charge in [0, 0.05) is 14.1 Å². The summed E-state index contributed by atoms with van der Waals surface area (Å²) in [7, 11) is 3.11. The third-order valence-corrected chi connectivity index (χ3v) is 3.37. The Kier molecular flexibility index (Phi) is 3.67. The van der Waals surface area contributed by atoms with Gasteiger partial charge in [0.05, 0.1) is 12.9 Å². The van der Waals surface area contributed by atoms with E-state index in [-0.39, 0.29) is 18.2 Å². The molecule has 1 aliphatic rings. The van der Waals surface area contributed by atoms with Gasteiger partial charge in [-0.2, -0.15) is 0 Å². The highest BCUT2D eigenvalue weighted by atomic mass is 16.5. The number of amides is 1. The summed E-state index contributed by atoms with van der Waals surface area (Å²) in [6, 6.07) is -0.660. The first kappa shape index (κ1) is 14.3. The maximum absolute atomic E-state index is 12.3. The van der Waals surface area contributed by atoms with E-state index in [9.17, 15) is 14.7 Å². The normalized spacial score (nSPS) is 19.9. The van der Waals surface area contributed by atoms with Crippen LogP contribution in [0.4, 0.5) is 5.82 Å². The van der Waals surface area contributed by atoms with Gasteiger partial charge in [0.2, 0.25) is 6.35 Å². The zero-order valence-electron chi connectivity index (χ0n) is 11.9. The van der Waals surface area contributed by atoms with Crippen LogP contribution in [0, 0.1) is 0 Å². The quantitative estimate of drug-likeness (QED) is 0.773. The highest BCUT2D eigenvalue weighted by Crippen LogP contribution is 2.29. The number of aliphatic hydroxyl groups excluding tert-OH is 1. The summed E-state index contributed by atoms with van der Waals surface area (Å²) in [5, 5.41) is 9.89. The van der Waals surface area contributed by atoms with Crippen molar-refractivity contribution in [2.45, 2.75) is 26.2 Å². The number of hydrogen-bond acceptors (Lipinski definition) is 6. The first-order valence-corrected chi connectivity index (χ1v) is 6.31. The van der Waals surface area contributed by atoms with Crippen molar-refractivity contribution >= 4 is 17.7 Å². The first-order chi connectivity index (χ1) is 9.40. The molecule has 1 aromatic rings. The lowest BCUT2D eigenvalue weighted by molar-refractivity contribution is -0.146.